The van der Waals surface area contributed by atoms with E-state index in [1.54, 1.807) is 18.6 Å². The fraction of sp³-hybridized carbons (Fsp3) is 0.556. The van der Waals surface area contributed by atoms with Crippen molar-refractivity contribution in [1.82, 2.24) is 24.8 Å². The number of nitrogens with one attached hydrogen (secondary N) is 1. The second kappa shape index (κ2) is 6.71. The summed E-state index contributed by atoms with van der Waals surface area (Å²) < 4.78 is 0. The first-order valence-corrected chi connectivity index (χ1v) is 8.92. The molecule has 2 aliphatic rings. The van der Waals surface area contributed by atoms with Crippen molar-refractivity contribution < 1.29 is 4.79 Å². The Kier molecular flexibility index (Phi) is 4.28. The van der Waals surface area contributed by atoms with Gasteiger partial charge in [0, 0.05) is 43.5 Å². The van der Waals surface area contributed by atoms with Gasteiger partial charge in [0.1, 0.15) is 5.69 Å². The normalized spacial score (nSPS) is 19.8. The molecule has 0 radical (unpaired) electrons. The molecule has 6 heteroatoms. The number of amides is 1. The van der Waals surface area contributed by atoms with E-state index in [0.717, 1.165) is 56.0 Å². The minimum Gasteiger partial charge on any atom is -0.343 e. The first kappa shape index (κ1) is 15.3. The van der Waals surface area contributed by atoms with Gasteiger partial charge in [0.05, 0.1) is 11.9 Å². The molecule has 2 aromatic heterocycles. The number of carbonyl (C=O) groups excluding carboxylic acids is 1. The number of hydrogen-bond donors (Lipinski definition) is 1. The molecule has 4 rings (SSSR count). The average molecular weight is 325 g/mol. The third-order valence-corrected chi connectivity index (χ3v) is 5.32. The molecule has 0 bridgehead atoms. The maximum Gasteiger partial charge on any atom is 0.225 e. The maximum atomic E-state index is 12.5. The lowest BCUT2D eigenvalue weighted by Gasteiger charge is -2.33. The summed E-state index contributed by atoms with van der Waals surface area (Å²) in [7, 11) is 0. The number of aromatic amines is 1. The first-order chi connectivity index (χ1) is 11.8. The number of hydrogen-bond acceptors (Lipinski definition) is 4. The summed E-state index contributed by atoms with van der Waals surface area (Å²) in [5.74, 6) is 1.78. The number of nitrogens with zero attached hydrogens (tertiary/aromatic N) is 4. The summed E-state index contributed by atoms with van der Waals surface area (Å²) in [4.78, 5) is 31.0. The maximum absolute atomic E-state index is 12.5. The Balaban J connectivity index is 1.41. The Morgan fingerprint density at radius 3 is 2.62 bits per heavy atom. The van der Waals surface area contributed by atoms with E-state index in [4.69, 9.17) is 4.98 Å². The number of piperidine rings is 1. The van der Waals surface area contributed by atoms with Crippen molar-refractivity contribution in [3.8, 4) is 11.5 Å². The van der Waals surface area contributed by atoms with Gasteiger partial charge in [0.2, 0.25) is 5.91 Å². The molecule has 1 N–H and O–H groups in total. The molecule has 1 aliphatic heterocycles. The van der Waals surface area contributed by atoms with E-state index in [-0.39, 0.29) is 5.92 Å². The van der Waals surface area contributed by atoms with Crippen LogP contribution in [0.3, 0.4) is 0 Å². The minimum atomic E-state index is 0.281. The van der Waals surface area contributed by atoms with E-state index in [2.05, 4.69) is 19.9 Å². The van der Waals surface area contributed by atoms with Gasteiger partial charge in [-0.3, -0.25) is 9.78 Å². The molecule has 0 unspecified atom stereocenters. The van der Waals surface area contributed by atoms with Crippen molar-refractivity contribution in [3.05, 3.63) is 30.5 Å². The molecule has 2 aromatic rings. The molecule has 126 valence electrons. The van der Waals surface area contributed by atoms with Crippen LogP contribution in [0, 0.1) is 5.92 Å². The number of likely N-dealkylation sites (tertiary alicyclic amines) is 1. The Labute approximate surface area is 141 Å². The quantitative estimate of drug-likeness (QED) is 0.941. The van der Waals surface area contributed by atoms with Crippen LogP contribution >= 0.6 is 0 Å². The van der Waals surface area contributed by atoms with Gasteiger partial charge in [0.15, 0.2) is 5.82 Å². The summed E-state index contributed by atoms with van der Waals surface area (Å²) in [6.45, 7) is 1.68. The fourth-order valence-corrected chi connectivity index (χ4v) is 3.92. The largest absolute Gasteiger partial charge is 0.343 e. The van der Waals surface area contributed by atoms with Gasteiger partial charge >= 0.3 is 0 Å². The van der Waals surface area contributed by atoms with Crippen LogP contribution in [-0.4, -0.2) is 43.8 Å². The van der Waals surface area contributed by atoms with Crippen molar-refractivity contribution in [1.29, 1.82) is 0 Å². The van der Waals surface area contributed by atoms with Crippen LogP contribution in [0.2, 0.25) is 0 Å². The number of carbonyl (C=O) groups is 1. The lowest BCUT2D eigenvalue weighted by molar-refractivity contribution is -0.136. The predicted octanol–water partition coefficient (Wildman–Crippen LogP) is 2.76. The first-order valence-electron chi connectivity index (χ1n) is 8.92. The van der Waals surface area contributed by atoms with Crippen LogP contribution in [0.25, 0.3) is 11.5 Å². The molecule has 1 saturated heterocycles. The summed E-state index contributed by atoms with van der Waals surface area (Å²) in [5.41, 5.74) is 1.79. The summed E-state index contributed by atoms with van der Waals surface area (Å²) >= 11 is 0. The van der Waals surface area contributed by atoms with Crippen molar-refractivity contribution in [2.24, 2.45) is 5.92 Å². The van der Waals surface area contributed by atoms with Crippen molar-refractivity contribution in [3.63, 3.8) is 0 Å². The Morgan fingerprint density at radius 2 is 1.92 bits per heavy atom. The highest BCUT2D eigenvalue weighted by Crippen LogP contribution is 2.31. The van der Waals surface area contributed by atoms with Gasteiger partial charge in [-0.25, -0.2) is 9.97 Å². The van der Waals surface area contributed by atoms with Crippen molar-refractivity contribution in [2.75, 3.05) is 13.1 Å². The SMILES string of the molecule is O=C(C1CCCC1)N1CCC(c2cncc(-c3ncc[nH]3)n2)CC1. The fourth-order valence-electron chi connectivity index (χ4n) is 3.92. The molecule has 0 atom stereocenters. The monoisotopic (exact) mass is 325 g/mol. The molecule has 6 nitrogen and oxygen atoms in total. The average Bonchev–Trinajstić information content (AvgIpc) is 3.35. The topological polar surface area (TPSA) is 74.8 Å². The molecule has 0 aromatic carbocycles. The Morgan fingerprint density at radius 1 is 1.12 bits per heavy atom. The smallest absolute Gasteiger partial charge is 0.225 e. The van der Waals surface area contributed by atoms with Gasteiger partial charge in [-0.2, -0.15) is 0 Å². The zero-order valence-electron chi connectivity index (χ0n) is 13.8. The summed E-state index contributed by atoms with van der Waals surface area (Å²) in [6, 6.07) is 0. The van der Waals surface area contributed by atoms with Crippen LogP contribution in [-0.2, 0) is 4.79 Å². The van der Waals surface area contributed by atoms with Crippen LogP contribution in [0.1, 0.15) is 50.1 Å². The third kappa shape index (κ3) is 3.05. The van der Waals surface area contributed by atoms with Crippen LogP contribution in [0.4, 0.5) is 0 Å². The molecule has 1 aliphatic carbocycles. The molecular formula is C18H23N5O. The lowest BCUT2D eigenvalue weighted by Crippen LogP contribution is -2.40. The molecule has 0 spiro atoms. The van der Waals surface area contributed by atoms with E-state index >= 15 is 0 Å². The molecule has 1 saturated carbocycles. The minimum absolute atomic E-state index is 0.281. The van der Waals surface area contributed by atoms with E-state index in [0.29, 0.717) is 11.8 Å². The lowest BCUT2D eigenvalue weighted by atomic mass is 9.92. The number of H-pyrrole nitrogens is 1. The Bertz CT molecular complexity index is 685. The number of imidazole rings is 1. The van der Waals surface area contributed by atoms with E-state index < -0.39 is 0 Å². The molecule has 1 amide bonds. The third-order valence-electron chi connectivity index (χ3n) is 5.32. The van der Waals surface area contributed by atoms with E-state index in [9.17, 15) is 4.79 Å². The van der Waals surface area contributed by atoms with Crippen LogP contribution in [0.5, 0.6) is 0 Å². The second-order valence-corrected chi connectivity index (χ2v) is 6.85. The predicted molar refractivity (Wildman–Crippen MR) is 90.1 cm³/mol. The zero-order valence-corrected chi connectivity index (χ0v) is 13.8. The van der Waals surface area contributed by atoms with Crippen LogP contribution in [0.15, 0.2) is 24.8 Å². The van der Waals surface area contributed by atoms with Gasteiger partial charge in [-0.1, -0.05) is 12.8 Å². The highest BCUT2D eigenvalue weighted by atomic mass is 16.2. The highest BCUT2D eigenvalue weighted by molar-refractivity contribution is 5.79. The second-order valence-electron chi connectivity index (χ2n) is 6.85. The van der Waals surface area contributed by atoms with Crippen molar-refractivity contribution >= 4 is 5.91 Å². The summed E-state index contributed by atoms with van der Waals surface area (Å²) in [6.07, 6.45) is 13.6. The molecule has 2 fully saturated rings. The van der Waals surface area contributed by atoms with Gasteiger partial charge in [-0.15, -0.1) is 0 Å². The number of rotatable bonds is 3. The standard InChI is InChI=1S/C18H23N5O/c24-18(14-3-1-2-4-14)23-9-5-13(6-10-23)15-11-19-12-16(22-15)17-20-7-8-21-17/h7-8,11-14H,1-6,9-10H2,(H,20,21). The summed E-state index contributed by atoms with van der Waals surface area (Å²) in [5, 5.41) is 0. The van der Waals surface area contributed by atoms with Gasteiger partial charge in [0.25, 0.3) is 0 Å². The molecule has 24 heavy (non-hydrogen) atoms. The highest BCUT2D eigenvalue weighted by Gasteiger charge is 2.30. The Hall–Kier alpha value is -2.24. The van der Waals surface area contributed by atoms with E-state index in [1.807, 2.05) is 6.20 Å². The van der Waals surface area contributed by atoms with E-state index in [1.165, 1.54) is 12.8 Å². The molecular weight excluding hydrogens is 302 g/mol. The van der Waals surface area contributed by atoms with Crippen molar-refractivity contribution in [2.45, 2.75) is 44.4 Å². The van der Waals surface area contributed by atoms with Gasteiger partial charge in [-0.05, 0) is 25.7 Å². The molecule has 3 heterocycles. The number of aromatic nitrogens is 4. The van der Waals surface area contributed by atoms with Crippen LogP contribution < -0.4 is 0 Å². The zero-order chi connectivity index (χ0) is 16.4. The van der Waals surface area contributed by atoms with Gasteiger partial charge < -0.3 is 9.88 Å².